The zero-order valence-corrected chi connectivity index (χ0v) is 17.2. The van der Waals surface area contributed by atoms with Gasteiger partial charge in [-0.05, 0) is 62.7 Å². The summed E-state index contributed by atoms with van der Waals surface area (Å²) < 4.78 is 0. The minimum Gasteiger partial charge on any atom is -0.391 e. The second kappa shape index (κ2) is 10.0. The number of nitrogens with one attached hydrogen (secondary N) is 1. The first kappa shape index (κ1) is 20.1. The number of β-amino-alcohol motifs (C(OH)–C–C–N with tert-alkyl or cyclic N) is 1. The van der Waals surface area contributed by atoms with Gasteiger partial charge in [0.2, 0.25) is 5.95 Å². The van der Waals surface area contributed by atoms with Crippen LogP contribution in [0.4, 0.5) is 11.8 Å². The van der Waals surface area contributed by atoms with Crippen LogP contribution in [0, 0.1) is 5.92 Å². The third-order valence-electron chi connectivity index (χ3n) is 6.15. The number of rotatable bonds is 7. The number of nitrogens with zero attached hydrogens (tertiary/aromatic N) is 4. The van der Waals surface area contributed by atoms with E-state index in [1.807, 2.05) is 12.3 Å². The predicted molar refractivity (Wildman–Crippen MR) is 117 cm³/mol. The van der Waals surface area contributed by atoms with Crippen LogP contribution in [0.1, 0.15) is 37.7 Å². The van der Waals surface area contributed by atoms with Crippen molar-refractivity contribution in [2.24, 2.45) is 5.92 Å². The number of aliphatic hydroxyl groups excluding tert-OH is 1. The first-order valence-corrected chi connectivity index (χ1v) is 11.0. The average molecular weight is 396 g/mol. The van der Waals surface area contributed by atoms with Crippen LogP contribution >= 0.6 is 0 Å². The predicted octanol–water partition coefficient (Wildman–Crippen LogP) is 3.15. The molecule has 6 nitrogen and oxygen atoms in total. The van der Waals surface area contributed by atoms with Gasteiger partial charge in [-0.1, -0.05) is 30.3 Å². The summed E-state index contributed by atoms with van der Waals surface area (Å²) in [6, 6.07) is 12.7. The molecule has 6 heteroatoms. The van der Waals surface area contributed by atoms with Gasteiger partial charge in [0.1, 0.15) is 5.82 Å². The Morgan fingerprint density at radius 2 is 1.86 bits per heavy atom. The number of benzene rings is 1. The van der Waals surface area contributed by atoms with E-state index in [1.54, 1.807) is 0 Å². The Morgan fingerprint density at radius 3 is 2.66 bits per heavy atom. The van der Waals surface area contributed by atoms with Gasteiger partial charge in [-0.25, -0.2) is 4.98 Å². The summed E-state index contributed by atoms with van der Waals surface area (Å²) in [5, 5.41) is 13.3. The van der Waals surface area contributed by atoms with Crippen molar-refractivity contribution in [1.82, 2.24) is 14.9 Å². The molecular formula is C23H33N5O. The summed E-state index contributed by atoms with van der Waals surface area (Å²) in [5.74, 6) is 2.38. The average Bonchev–Trinajstić information content (AvgIpc) is 2.76. The van der Waals surface area contributed by atoms with Gasteiger partial charge in [-0.2, -0.15) is 4.98 Å². The molecule has 1 atom stereocenters. The van der Waals surface area contributed by atoms with Crippen LogP contribution in [0.2, 0.25) is 0 Å². The quantitative estimate of drug-likeness (QED) is 0.751. The summed E-state index contributed by atoms with van der Waals surface area (Å²) in [7, 11) is 0. The molecule has 3 heterocycles. The first-order chi connectivity index (χ1) is 14.3. The van der Waals surface area contributed by atoms with Gasteiger partial charge in [0, 0.05) is 32.4 Å². The smallest absolute Gasteiger partial charge is 0.224 e. The molecule has 4 rings (SSSR count). The third-order valence-corrected chi connectivity index (χ3v) is 6.15. The maximum Gasteiger partial charge on any atom is 0.224 e. The number of likely N-dealkylation sites (tertiary alicyclic amines) is 1. The number of aliphatic hydroxyl groups is 1. The van der Waals surface area contributed by atoms with Crippen LogP contribution in [0.5, 0.6) is 0 Å². The Morgan fingerprint density at radius 1 is 1.03 bits per heavy atom. The summed E-state index contributed by atoms with van der Waals surface area (Å²) in [6.45, 7) is 5.96. The molecule has 156 valence electrons. The third kappa shape index (κ3) is 5.90. The maximum atomic E-state index is 9.89. The molecule has 29 heavy (non-hydrogen) atoms. The molecule has 2 saturated heterocycles. The Balaban J connectivity index is 1.19. The van der Waals surface area contributed by atoms with Crippen molar-refractivity contribution < 1.29 is 5.11 Å². The van der Waals surface area contributed by atoms with Crippen LogP contribution in [-0.4, -0.2) is 58.8 Å². The van der Waals surface area contributed by atoms with Crippen molar-refractivity contribution in [1.29, 1.82) is 0 Å². The van der Waals surface area contributed by atoms with Crippen LogP contribution in [0.3, 0.4) is 0 Å². The van der Waals surface area contributed by atoms with Crippen LogP contribution < -0.4 is 10.2 Å². The van der Waals surface area contributed by atoms with Crippen LogP contribution in [0.15, 0.2) is 42.6 Å². The fraction of sp³-hybridized carbons (Fsp3) is 0.565. The van der Waals surface area contributed by atoms with Crippen molar-refractivity contribution in [3.05, 3.63) is 48.2 Å². The Kier molecular flexibility index (Phi) is 6.96. The molecule has 1 aromatic carbocycles. The van der Waals surface area contributed by atoms with Gasteiger partial charge >= 0.3 is 0 Å². The molecule has 1 aromatic heterocycles. The van der Waals surface area contributed by atoms with E-state index in [0.717, 1.165) is 50.6 Å². The van der Waals surface area contributed by atoms with E-state index in [1.165, 1.54) is 31.5 Å². The molecule has 1 unspecified atom stereocenters. The highest BCUT2D eigenvalue weighted by Crippen LogP contribution is 2.22. The Hall–Kier alpha value is -2.18. The standard InChI is InChI=1S/C23H33N5O/c29-21-7-4-14-28(18-21)22-9-13-25-23(26-22)24-12-8-19-10-15-27(16-11-19)17-20-5-2-1-3-6-20/h1-3,5-6,9,13,19,21,29H,4,7-8,10-12,14-18H2,(H,24,25,26). The lowest BCUT2D eigenvalue weighted by molar-refractivity contribution is 0.154. The minimum absolute atomic E-state index is 0.247. The van der Waals surface area contributed by atoms with Gasteiger partial charge in [-0.15, -0.1) is 0 Å². The first-order valence-electron chi connectivity index (χ1n) is 11.0. The van der Waals surface area contributed by atoms with E-state index in [9.17, 15) is 5.11 Å². The second-order valence-corrected chi connectivity index (χ2v) is 8.40. The van der Waals surface area contributed by atoms with Crippen LogP contribution in [0.25, 0.3) is 0 Å². The fourth-order valence-corrected chi connectivity index (χ4v) is 4.44. The van der Waals surface area contributed by atoms with Crippen molar-refractivity contribution in [2.45, 2.75) is 44.8 Å². The molecule has 2 N–H and O–H groups in total. The zero-order valence-electron chi connectivity index (χ0n) is 17.2. The van der Waals surface area contributed by atoms with E-state index in [-0.39, 0.29) is 6.10 Å². The number of hydrogen-bond acceptors (Lipinski definition) is 6. The number of anilines is 2. The summed E-state index contributed by atoms with van der Waals surface area (Å²) in [5.41, 5.74) is 1.41. The monoisotopic (exact) mass is 395 g/mol. The second-order valence-electron chi connectivity index (χ2n) is 8.40. The van der Waals surface area contributed by atoms with Gasteiger partial charge < -0.3 is 15.3 Å². The van der Waals surface area contributed by atoms with E-state index < -0.39 is 0 Å². The highest BCUT2D eigenvalue weighted by molar-refractivity contribution is 5.43. The zero-order chi connectivity index (χ0) is 19.9. The lowest BCUT2D eigenvalue weighted by atomic mass is 9.93. The summed E-state index contributed by atoms with van der Waals surface area (Å²) in [4.78, 5) is 13.8. The van der Waals surface area contributed by atoms with E-state index in [4.69, 9.17) is 0 Å². The van der Waals surface area contributed by atoms with Gasteiger partial charge in [0.25, 0.3) is 0 Å². The molecule has 2 aromatic rings. The SMILES string of the molecule is OC1CCCN(c2ccnc(NCCC3CCN(Cc4ccccc4)CC3)n2)C1. The fourth-order valence-electron chi connectivity index (χ4n) is 4.44. The lowest BCUT2D eigenvalue weighted by Crippen LogP contribution is -2.38. The van der Waals surface area contributed by atoms with Gasteiger partial charge in [0.05, 0.1) is 6.10 Å². The van der Waals surface area contributed by atoms with E-state index in [0.29, 0.717) is 12.5 Å². The molecular weight excluding hydrogens is 362 g/mol. The highest BCUT2D eigenvalue weighted by atomic mass is 16.3. The van der Waals surface area contributed by atoms with Crippen molar-refractivity contribution in [3.63, 3.8) is 0 Å². The molecule has 0 amide bonds. The molecule has 2 fully saturated rings. The van der Waals surface area contributed by atoms with E-state index in [2.05, 4.69) is 55.4 Å². The molecule has 0 aliphatic carbocycles. The molecule has 0 radical (unpaired) electrons. The topological polar surface area (TPSA) is 64.5 Å². The van der Waals surface area contributed by atoms with Crippen LogP contribution in [-0.2, 0) is 6.54 Å². The normalized spacial score (nSPS) is 21.3. The summed E-state index contributed by atoms with van der Waals surface area (Å²) in [6.07, 6.45) is 7.15. The highest BCUT2D eigenvalue weighted by Gasteiger charge is 2.20. The lowest BCUT2D eigenvalue weighted by Gasteiger charge is -2.32. The van der Waals surface area contributed by atoms with Crippen molar-refractivity contribution in [2.75, 3.05) is 42.9 Å². The Labute approximate surface area is 174 Å². The summed E-state index contributed by atoms with van der Waals surface area (Å²) >= 11 is 0. The van der Waals surface area contributed by atoms with E-state index >= 15 is 0 Å². The molecule has 0 bridgehead atoms. The molecule has 2 aliphatic rings. The Bertz CT molecular complexity index is 748. The number of piperidine rings is 2. The molecule has 2 aliphatic heterocycles. The molecule has 0 saturated carbocycles. The molecule has 0 spiro atoms. The van der Waals surface area contributed by atoms with Crippen molar-refractivity contribution >= 4 is 11.8 Å². The number of hydrogen-bond donors (Lipinski definition) is 2. The largest absolute Gasteiger partial charge is 0.391 e. The number of aromatic nitrogens is 2. The van der Waals surface area contributed by atoms with Crippen molar-refractivity contribution in [3.8, 4) is 0 Å². The van der Waals surface area contributed by atoms with Gasteiger partial charge in [-0.3, -0.25) is 4.90 Å². The maximum absolute atomic E-state index is 9.89. The van der Waals surface area contributed by atoms with Gasteiger partial charge in [0.15, 0.2) is 0 Å². The minimum atomic E-state index is -0.247.